The summed E-state index contributed by atoms with van der Waals surface area (Å²) in [6.07, 6.45) is -9.04. The summed E-state index contributed by atoms with van der Waals surface area (Å²) < 4.78 is 80.3. The Morgan fingerprint density at radius 2 is 1.33 bits per heavy atom. The van der Waals surface area contributed by atoms with Crippen LogP contribution in [0.1, 0.15) is 29.0 Å². The van der Waals surface area contributed by atoms with Crippen LogP contribution >= 0.6 is 0 Å². The van der Waals surface area contributed by atoms with Gasteiger partial charge < -0.3 is 9.80 Å². The number of nitrogens with zero attached hydrogens (tertiary/aromatic N) is 3. The fourth-order valence-corrected chi connectivity index (χ4v) is 4.91. The standard InChI is InChI=1S/C24H27F6N3/c1-31-9-11-32(12-10-31)22-7-8-33(16-21(22)17-5-3-2-4-6-17)20-14-18(23(25,26)27)13-19(15-20)24(28,29)30/h2-6,13-15,21-22H,7-12,16H2,1H3. The summed E-state index contributed by atoms with van der Waals surface area (Å²) >= 11 is 0. The molecule has 2 saturated heterocycles. The molecular weight excluding hydrogens is 444 g/mol. The number of piperidine rings is 1. The van der Waals surface area contributed by atoms with E-state index < -0.39 is 23.5 Å². The van der Waals surface area contributed by atoms with Crippen LogP contribution in [0.5, 0.6) is 0 Å². The molecule has 0 N–H and O–H groups in total. The molecule has 2 aliphatic heterocycles. The molecule has 2 aliphatic rings. The van der Waals surface area contributed by atoms with Gasteiger partial charge >= 0.3 is 12.4 Å². The van der Waals surface area contributed by atoms with Crippen LogP contribution in [0.15, 0.2) is 48.5 Å². The number of piperazine rings is 1. The van der Waals surface area contributed by atoms with Gasteiger partial charge in [-0.1, -0.05) is 30.3 Å². The Morgan fingerprint density at radius 1 is 0.758 bits per heavy atom. The van der Waals surface area contributed by atoms with Crippen molar-refractivity contribution in [2.24, 2.45) is 0 Å². The van der Waals surface area contributed by atoms with Crippen molar-refractivity contribution in [1.29, 1.82) is 0 Å². The lowest BCUT2D eigenvalue weighted by Crippen LogP contribution is -2.55. The first-order valence-corrected chi connectivity index (χ1v) is 11.0. The van der Waals surface area contributed by atoms with Crippen LogP contribution in [-0.4, -0.2) is 62.2 Å². The zero-order valence-corrected chi connectivity index (χ0v) is 18.3. The third-order valence-corrected chi connectivity index (χ3v) is 6.75. The summed E-state index contributed by atoms with van der Waals surface area (Å²) in [5, 5.41) is 0. The molecule has 3 nitrogen and oxygen atoms in total. The molecule has 0 spiro atoms. The topological polar surface area (TPSA) is 9.72 Å². The molecule has 0 saturated carbocycles. The van der Waals surface area contributed by atoms with E-state index in [4.69, 9.17) is 0 Å². The lowest BCUT2D eigenvalue weighted by atomic mass is 9.84. The Kier molecular flexibility index (Phi) is 6.64. The van der Waals surface area contributed by atoms with Gasteiger partial charge in [-0.05, 0) is 37.2 Å². The van der Waals surface area contributed by atoms with Crippen molar-refractivity contribution >= 4 is 5.69 Å². The van der Waals surface area contributed by atoms with Crippen LogP contribution in [0.25, 0.3) is 0 Å². The second-order valence-corrected chi connectivity index (χ2v) is 8.92. The van der Waals surface area contributed by atoms with Gasteiger partial charge in [0.1, 0.15) is 0 Å². The number of hydrogen-bond acceptors (Lipinski definition) is 3. The van der Waals surface area contributed by atoms with Crippen molar-refractivity contribution in [3.63, 3.8) is 0 Å². The Morgan fingerprint density at radius 3 is 1.88 bits per heavy atom. The molecule has 180 valence electrons. The van der Waals surface area contributed by atoms with Crippen LogP contribution in [0, 0.1) is 0 Å². The summed E-state index contributed by atoms with van der Waals surface area (Å²) in [6.45, 7) is 4.42. The highest BCUT2D eigenvalue weighted by Gasteiger charge is 2.39. The molecule has 2 fully saturated rings. The smallest absolute Gasteiger partial charge is 0.371 e. The Hall–Kier alpha value is -2.26. The van der Waals surface area contributed by atoms with E-state index in [0.717, 1.165) is 43.9 Å². The van der Waals surface area contributed by atoms with Crippen molar-refractivity contribution in [2.45, 2.75) is 30.7 Å². The Labute approximate surface area is 189 Å². The van der Waals surface area contributed by atoms with Gasteiger partial charge in [0.2, 0.25) is 0 Å². The third-order valence-electron chi connectivity index (χ3n) is 6.75. The number of halogens is 6. The van der Waals surface area contributed by atoms with Gasteiger partial charge in [0.05, 0.1) is 11.1 Å². The van der Waals surface area contributed by atoms with E-state index in [9.17, 15) is 26.3 Å². The highest BCUT2D eigenvalue weighted by atomic mass is 19.4. The van der Waals surface area contributed by atoms with Gasteiger partial charge in [-0.25, -0.2) is 0 Å². The maximum absolute atomic E-state index is 13.4. The zero-order valence-electron chi connectivity index (χ0n) is 18.3. The normalized spacial score (nSPS) is 23.7. The number of likely N-dealkylation sites (N-methyl/N-ethyl adjacent to an activating group) is 1. The number of benzene rings is 2. The molecule has 0 amide bonds. The van der Waals surface area contributed by atoms with Crippen molar-refractivity contribution in [2.75, 3.05) is 51.2 Å². The van der Waals surface area contributed by atoms with Crippen molar-refractivity contribution in [1.82, 2.24) is 9.80 Å². The van der Waals surface area contributed by atoms with Crippen LogP contribution < -0.4 is 4.90 Å². The van der Waals surface area contributed by atoms with Gasteiger partial charge in [-0.3, -0.25) is 4.90 Å². The highest BCUT2D eigenvalue weighted by Crippen LogP contribution is 2.40. The van der Waals surface area contributed by atoms with E-state index in [1.54, 1.807) is 4.90 Å². The number of alkyl halides is 6. The molecule has 33 heavy (non-hydrogen) atoms. The second kappa shape index (κ2) is 9.18. The van der Waals surface area contributed by atoms with Gasteiger partial charge in [-0.2, -0.15) is 26.3 Å². The fourth-order valence-electron chi connectivity index (χ4n) is 4.91. The first-order chi connectivity index (χ1) is 15.5. The van der Waals surface area contributed by atoms with E-state index in [1.165, 1.54) is 0 Å². The van der Waals surface area contributed by atoms with E-state index >= 15 is 0 Å². The largest absolute Gasteiger partial charge is 0.416 e. The molecular formula is C24H27F6N3. The molecule has 2 heterocycles. The lowest BCUT2D eigenvalue weighted by molar-refractivity contribution is -0.143. The van der Waals surface area contributed by atoms with Crippen molar-refractivity contribution < 1.29 is 26.3 Å². The molecule has 4 rings (SSSR count). The van der Waals surface area contributed by atoms with Gasteiger partial charge in [0.15, 0.2) is 0 Å². The zero-order chi connectivity index (χ0) is 23.8. The molecule has 9 heteroatoms. The number of anilines is 1. The predicted molar refractivity (Wildman–Crippen MR) is 115 cm³/mol. The van der Waals surface area contributed by atoms with Gasteiger partial charge in [0.25, 0.3) is 0 Å². The van der Waals surface area contributed by atoms with Crippen molar-refractivity contribution in [3.8, 4) is 0 Å². The summed E-state index contributed by atoms with van der Waals surface area (Å²) in [5.74, 6) is -0.0211. The maximum atomic E-state index is 13.4. The summed E-state index contributed by atoms with van der Waals surface area (Å²) in [6, 6.07) is 11.8. The summed E-state index contributed by atoms with van der Waals surface area (Å²) in [5.41, 5.74) is -1.53. The third kappa shape index (κ3) is 5.46. The second-order valence-electron chi connectivity index (χ2n) is 8.92. The maximum Gasteiger partial charge on any atom is 0.416 e. The SMILES string of the molecule is CN1CCN(C2CCN(c3cc(C(F)(F)F)cc(C(F)(F)F)c3)CC2c2ccccc2)CC1. The van der Waals surface area contributed by atoms with Crippen LogP contribution in [0.2, 0.25) is 0 Å². The Bertz CT molecular complexity index is 903. The van der Waals surface area contributed by atoms with Crippen LogP contribution in [0.4, 0.5) is 32.0 Å². The van der Waals surface area contributed by atoms with Gasteiger partial charge in [0, 0.05) is 56.9 Å². The predicted octanol–water partition coefficient (Wildman–Crippen LogP) is 5.33. The Balaban J connectivity index is 1.66. The fraction of sp³-hybridized carbons (Fsp3) is 0.500. The van der Waals surface area contributed by atoms with Gasteiger partial charge in [-0.15, -0.1) is 0 Å². The van der Waals surface area contributed by atoms with E-state index in [1.807, 2.05) is 30.3 Å². The molecule has 0 aliphatic carbocycles. The van der Waals surface area contributed by atoms with Crippen molar-refractivity contribution in [3.05, 3.63) is 65.2 Å². The molecule has 0 aromatic heterocycles. The molecule has 2 aromatic carbocycles. The van der Waals surface area contributed by atoms with E-state index in [2.05, 4.69) is 16.8 Å². The average molecular weight is 471 g/mol. The van der Waals surface area contributed by atoms with Crippen LogP contribution in [0.3, 0.4) is 0 Å². The number of rotatable bonds is 3. The quantitative estimate of drug-likeness (QED) is 0.560. The highest BCUT2D eigenvalue weighted by molar-refractivity contribution is 5.54. The number of hydrogen-bond donors (Lipinski definition) is 0. The molecule has 2 aromatic rings. The monoisotopic (exact) mass is 471 g/mol. The minimum atomic E-state index is -4.85. The molecule has 2 unspecified atom stereocenters. The first-order valence-electron chi connectivity index (χ1n) is 11.0. The first kappa shape index (κ1) is 23.9. The van der Waals surface area contributed by atoms with E-state index in [-0.39, 0.29) is 23.7 Å². The lowest BCUT2D eigenvalue weighted by Gasteiger charge is -2.47. The summed E-state index contributed by atoms with van der Waals surface area (Å²) in [7, 11) is 2.07. The summed E-state index contributed by atoms with van der Waals surface area (Å²) in [4.78, 5) is 6.35. The minimum Gasteiger partial charge on any atom is -0.371 e. The van der Waals surface area contributed by atoms with Crippen LogP contribution in [-0.2, 0) is 12.4 Å². The molecule has 0 bridgehead atoms. The molecule has 0 radical (unpaired) electrons. The minimum absolute atomic E-state index is 0.0211. The average Bonchev–Trinajstić information content (AvgIpc) is 2.78. The molecule has 2 atom stereocenters. The van der Waals surface area contributed by atoms with E-state index in [0.29, 0.717) is 19.5 Å².